The molecule has 0 amide bonds. The van der Waals surface area contributed by atoms with E-state index in [2.05, 4.69) is 25.7 Å². The third-order valence-electron chi connectivity index (χ3n) is 2.94. The lowest BCUT2D eigenvalue weighted by atomic mass is 10.2. The molecule has 3 aromatic rings. The van der Waals surface area contributed by atoms with Crippen molar-refractivity contribution in [1.29, 1.82) is 0 Å². The van der Waals surface area contributed by atoms with E-state index >= 15 is 0 Å². The van der Waals surface area contributed by atoms with Gasteiger partial charge in [-0.2, -0.15) is 10.2 Å². The van der Waals surface area contributed by atoms with Crippen molar-refractivity contribution in [2.45, 2.75) is 6.92 Å². The minimum Gasteiger partial charge on any atom is -0.259 e. The molecule has 0 aliphatic carbocycles. The Hall–Kier alpha value is -2.82. The number of fused-ring (bicyclic) bond motifs is 1. The number of hydrogen-bond acceptors (Lipinski definition) is 5. The molecule has 0 aliphatic rings. The Kier molecular flexibility index (Phi) is 3.33. The molecule has 1 aromatic carbocycles. The van der Waals surface area contributed by atoms with E-state index in [1.165, 1.54) is 0 Å². The van der Waals surface area contributed by atoms with Crippen molar-refractivity contribution in [1.82, 2.24) is 15.2 Å². The number of pyridine rings is 1. The zero-order chi connectivity index (χ0) is 13.8. The molecule has 0 aliphatic heterocycles. The van der Waals surface area contributed by atoms with Gasteiger partial charge in [-0.1, -0.05) is 30.3 Å². The average molecular weight is 263 g/mol. The molecular formula is C15H13N5. The van der Waals surface area contributed by atoms with E-state index in [9.17, 15) is 0 Å². The Morgan fingerprint density at radius 2 is 1.95 bits per heavy atom. The van der Waals surface area contributed by atoms with Crippen molar-refractivity contribution >= 4 is 22.3 Å². The fraction of sp³-hybridized carbons (Fsp3) is 0.0667. The molecule has 0 saturated carbocycles. The van der Waals surface area contributed by atoms with Crippen molar-refractivity contribution in [3.63, 3.8) is 0 Å². The quantitative estimate of drug-likeness (QED) is 0.583. The lowest BCUT2D eigenvalue weighted by molar-refractivity contribution is 1.04. The van der Waals surface area contributed by atoms with Gasteiger partial charge in [0.1, 0.15) is 0 Å². The summed E-state index contributed by atoms with van der Waals surface area (Å²) in [5, 5.41) is 14.4. The average Bonchev–Trinajstić information content (AvgIpc) is 2.53. The Labute approximate surface area is 116 Å². The summed E-state index contributed by atoms with van der Waals surface area (Å²) in [5.74, 6) is 0.637. The van der Waals surface area contributed by atoms with Gasteiger partial charge in [0.05, 0.1) is 17.6 Å². The van der Waals surface area contributed by atoms with Crippen LogP contribution in [0, 0.1) is 0 Å². The molecular weight excluding hydrogens is 250 g/mol. The van der Waals surface area contributed by atoms with Gasteiger partial charge in [-0.05, 0) is 19.1 Å². The molecule has 2 heterocycles. The van der Waals surface area contributed by atoms with E-state index in [0.717, 1.165) is 22.2 Å². The first-order chi connectivity index (χ1) is 9.84. The van der Waals surface area contributed by atoms with E-state index < -0.39 is 0 Å². The zero-order valence-corrected chi connectivity index (χ0v) is 11.0. The summed E-state index contributed by atoms with van der Waals surface area (Å²) >= 11 is 0. The second-order valence-electron chi connectivity index (χ2n) is 4.30. The van der Waals surface area contributed by atoms with Gasteiger partial charge in [0.2, 0.25) is 0 Å². The molecule has 20 heavy (non-hydrogen) atoms. The molecule has 0 saturated heterocycles. The Bertz CT molecular complexity index is 747. The first kappa shape index (κ1) is 12.2. The highest BCUT2D eigenvalue weighted by Gasteiger charge is 2.02. The molecule has 0 radical (unpaired) electrons. The zero-order valence-electron chi connectivity index (χ0n) is 11.0. The molecule has 0 atom stereocenters. The second kappa shape index (κ2) is 5.44. The fourth-order valence-electron chi connectivity index (χ4n) is 1.88. The van der Waals surface area contributed by atoms with Gasteiger partial charge in [-0.3, -0.25) is 10.4 Å². The summed E-state index contributed by atoms with van der Waals surface area (Å²) in [4.78, 5) is 4.25. The van der Waals surface area contributed by atoms with Crippen LogP contribution >= 0.6 is 0 Å². The molecule has 0 spiro atoms. The molecule has 0 bridgehead atoms. The van der Waals surface area contributed by atoms with Crippen molar-refractivity contribution in [2.75, 3.05) is 5.43 Å². The number of hydrogen-bond donors (Lipinski definition) is 1. The number of nitrogens with zero attached hydrogens (tertiary/aromatic N) is 4. The summed E-state index contributed by atoms with van der Waals surface area (Å²) in [5.41, 5.74) is 4.58. The second-order valence-corrected chi connectivity index (χ2v) is 4.30. The van der Waals surface area contributed by atoms with Gasteiger partial charge in [0.25, 0.3) is 0 Å². The highest BCUT2D eigenvalue weighted by atomic mass is 15.3. The molecule has 0 unspecified atom stereocenters. The van der Waals surface area contributed by atoms with Crippen LogP contribution in [-0.4, -0.2) is 20.9 Å². The van der Waals surface area contributed by atoms with Crippen LogP contribution in [0.5, 0.6) is 0 Å². The number of rotatable bonds is 3. The minimum atomic E-state index is 0.637. The highest BCUT2D eigenvalue weighted by molar-refractivity contribution is 5.98. The van der Waals surface area contributed by atoms with Crippen LogP contribution in [-0.2, 0) is 0 Å². The van der Waals surface area contributed by atoms with E-state index in [1.54, 1.807) is 12.4 Å². The maximum Gasteiger partial charge on any atom is 0.176 e. The van der Waals surface area contributed by atoms with Crippen molar-refractivity contribution in [3.8, 4) is 0 Å². The summed E-state index contributed by atoms with van der Waals surface area (Å²) in [6.45, 7) is 1.90. The molecule has 2 aromatic heterocycles. The van der Waals surface area contributed by atoms with Crippen LogP contribution in [0.1, 0.15) is 12.6 Å². The Balaban J connectivity index is 1.91. The molecule has 1 N–H and O–H groups in total. The summed E-state index contributed by atoms with van der Waals surface area (Å²) in [7, 11) is 0. The van der Waals surface area contributed by atoms with Crippen LogP contribution in [0.4, 0.5) is 5.82 Å². The maximum atomic E-state index is 4.32. The number of benzene rings is 1. The largest absolute Gasteiger partial charge is 0.259 e. The lowest BCUT2D eigenvalue weighted by Gasteiger charge is -2.04. The minimum absolute atomic E-state index is 0.637. The van der Waals surface area contributed by atoms with Crippen molar-refractivity contribution < 1.29 is 0 Å². The van der Waals surface area contributed by atoms with Crippen LogP contribution in [0.2, 0.25) is 0 Å². The van der Waals surface area contributed by atoms with Gasteiger partial charge in [-0.15, -0.1) is 5.10 Å². The van der Waals surface area contributed by atoms with Gasteiger partial charge >= 0.3 is 0 Å². The lowest BCUT2D eigenvalue weighted by Crippen LogP contribution is -2.03. The number of anilines is 1. The maximum absolute atomic E-state index is 4.32. The van der Waals surface area contributed by atoms with E-state index in [4.69, 9.17) is 0 Å². The van der Waals surface area contributed by atoms with E-state index in [0.29, 0.717) is 5.82 Å². The molecule has 5 nitrogen and oxygen atoms in total. The topological polar surface area (TPSA) is 63.1 Å². The van der Waals surface area contributed by atoms with Crippen molar-refractivity contribution in [3.05, 3.63) is 60.6 Å². The number of aromatic nitrogens is 3. The Morgan fingerprint density at radius 3 is 2.80 bits per heavy atom. The van der Waals surface area contributed by atoms with E-state index in [-0.39, 0.29) is 0 Å². The van der Waals surface area contributed by atoms with Gasteiger partial charge in [0.15, 0.2) is 5.82 Å². The van der Waals surface area contributed by atoms with Gasteiger partial charge in [-0.25, -0.2) is 0 Å². The smallest absolute Gasteiger partial charge is 0.176 e. The van der Waals surface area contributed by atoms with Crippen molar-refractivity contribution in [2.24, 2.45) is 5.10 Å². The molecule has 98 valence electrons. The normalized spacial score (nSPS) is 11.6. The predicted octanol–water partition coefficient (Wildman–Crippen LogP) is 2.86. The summed E-state index contributed by atoms with van der Waals surface area (Å²) < 4.78 is 0. The third kappa shape index (κ3) is 2.47. The summed E-state index contributed by atoms with van der Waals surface area (Å²) in [6.07, 6.45) is 3.47. The molecule has 3 rings (SSSR count). The highest BCUT2D eigenvalue weighted by Crippen LogP contribution is 2.19. The van der Waals surface area contributed by atoms with Crippen LogP contribution < -0.4 is 5.43 Å². The first-order valence-corrected chi connectivity index (χ1v) is 6.27. The van der Waals surface area contributed by atoms with Crippen LogP contribution in [0.15, 0.2) is 60.0 Å². The van der Waals surface area contributed by atoms with Gasteiger partial charge in [0, 0.05) is 17.0 Å². The van der Waals surface area contributed by atoms with Gasteiger partial charge < -0.3 is 0 Å². The molecule has 0 fully saturated rings. The standard InChI is InChI=1S/C15H13N5/c1-11(14-8-4-5-9-16-14)18-20-15-13-7-3-2-6-12(13)10-17-19-15/h2-10H,1H3,(H,19,20)/b18-11+. The molecule has 5 heteroatoms. The monoisotopic (exact) mass is 263 g/mol. The summed E-state index contributed by atoms with van der Waals surface area (Å²) in [6, 6.07) is 13.6. The SMILES string of the molecule is C/C(=N\Nc1nncc2ccccc12)c1ccccn1. The fourth-order valence-corrected chi connectivity index (χ4v) is 1.88. The van der Waals surface area contributed by atoms with Crippen LogP contribution in [0.25, 0.3) is 10.8 Å². The van der Waals surface area contributed by atoms with Crippen LogP contribution in [0.3, 0.4) is 0 Å². The first-order valence-electron chi connectivity index (χ1n) is 6.27. The Morgan fingerprint density at radius 1 is 1.10 bits per heavy atom. The predicted molar refractivity (Wildman–Crippen MR) is 79.6 cm³/mol. The number of nitrogens with one attached hydrogen (secondary N) is 1. The third-order valence-corrected chi connectivity index (χ3v) is 2.94. The number of hydrazone groups is 1. The van der Waals surface area contributed by atoms with E-state index in [1.807, 2.05) is 49.4 Å².